The molecule has 4 aromatic rings. The van der Waals surface area contributed by atoms with E-state index in [-0.39, 0.29) is 11.4 Å². The van der Waals surface area contributed by atoms with Crippen molar-refractivity contribution in [2.75, 3.05) is 0 Å². The fourth-order valence-electron chi connectivity index (χ4n) is 2.85. The first-order chi connectivity index (χ1) is 12.1. The average Bonchev–Trinajstić information content (AvgIpc) is 3.03. The molecule has 4 nitrogen and oxygen atoms in total. The Bertz CT molecular complexity index is 1110. The second-order valence-corrected chi connectivity index (χ2v) is 6.09. The van der Waals surface area contributed by atoms with Crippen LogP contribution in [0.15, 0.2) is 71.8 Å². The molecule has 0 saturated carbocycles. The molecule has 2 aromatic heterocycles. The number of benzene rings is 2. The van der Waals surface area contributed by atoms with Gasteiger partial charge in [0.05, 0.1) is 12.2 Å². The van der Waals surface area contributed by atoms with Crippen molar-refractivity contribution in [2.45, 2.75) is 13.5 Å². The normalized spacial score (nSPS) is 11.1. The van der Waals surface area contributed by atoms with Crippen molar-refractivity contribution in [1.82, 2.24) is 14.2 Å². The Morgan fingerprint density at radius 3 is 2.60 bits per heavy atom. The minimum absolute atomic E-state index is 0.155. The summed E-state index contributed by atoms with van der Waals surface area (Å²) in [4.78, 5) is 12.7. The SMILES string of the molecule is Cc1ccc(-c2cc3c(=O)n(Cc4cccc(F)c4)ccn3n2)cc1. The molecule has 2 heterocycles. The van der Waals surface area contributed by atoms with E-state index in [0.717, 1.165) is 16.8 Å². The van der Waals surface area contributed by atoms with Gasteiger partial charge in [-0.05, 0) is 30.7 Å². The molecule has 0 N–H and O–H groups in total. The molecule has 0 aliphatic rings. The van der Waals surface area contributed by atoms with Crippen LogP contribution in [0.4, 0.5) is 4.39 Å². The number of hydrogen-bond acceptors (Lipinski definition) is 2. The Balaban J connectivity index is 1.75. The van der Waals surface area contributed by atoms with Crippen molar-refractivity contribution >= 4 is 5.52 Å². The van der Waals surface area contributed by atoms with Gasteiger partial charge < -0.3 is 4.57 Å². The van der Waals surface area contributed by atoms with E-state index < -0.39 is 0 Å². The van der Waals surface area contributed by atoms with Gasteiger partial charge in [0.1, 0.15) is 11.3 Å². The number of nitrogens with zero attached hydrogens (tertiary/aromatic N) is 3. The zero-order valence-electron chi connectivity index (χ0n) is 13.7. The maximum absolute atomic E-state index is 13.3. The minimum Gasteiger partial charge on any atom is -0.308 e. The van der Waals surface area contributed by atoms with Gasteiger partial charge in [0.2, 0.25) is 0 Å². The van der Waals surface area contributed by atoms with E-state index in [1.165, 1.54) is 17.7 Å². The van der Waals surface area contributed by atoms with Gasteiger partial charge in [-0.2, -0.15) is 5.10 Å². The van der Waals surface area contributed by atoms with E-state index in [9.17, 15) is 9.18 Å². The Kier molecular flexibility index (Phi) is 3.69. The van der Waals surface area contributed by atoms with Crippen LogP contribution in [0.1, 0.15) is 11.1 Å². The molecule has 0 aliphatic carbocycles. The summed E-state index contributed by atoms with van der Waals surface area (Å²) in [6.07, 6.45) is 3.42. The molecule has 0 saturated heterocycles. The fourth-order valence-corrected chi connectivity index (χ4v) is 2.85. The highest BCUT2D eigenvalue weighted by Gasteiger charge is 2.09. The first-order valence-electron chi connectivity index (χ1n) is 8.00. The molecule has 124 valence electrons. The van der Waals surface area contributed by atoms with E-state index in [1.807, 2.05) is 31.2 Å². The van der Waals surface area contributed by atoms with Crippen LogP contribution < -0.4 is 5.56 Å². The van der Waals surface area contributed by atoms with Crippen molar-refractivity contribution < 1.29 is 4.39 Å². The minimum atomic E-state index is -0.308. The number of rotatable bonds is 3. The quantitative estimate of drug-likeness (QED) is 0.574. The van der Waals surface area contributed by atoms with Gasteiger partial charge in [-0.15, -0.1) is 0 Å². The van der Waals surface area contributed by atoms with Crippen molar-refractivity contribution in [1.29, 1.82) is 0 Å². The second-order valence-electron chi connectivity index (χ2n) is 6.09. The Labute approximate surface area is 143 Å². The summed E-state index contributed by atoms with van der Waals surface area (Å²) in [6.45, 7) is 2.34. The van der Waals surface area contributed by atoms with Crippen LogP contribution in [-0.4, -0.2) is 14.2 Å². The second kappa shape index (κ2) is 6.02. The van der Waals surface area contributed by atoms with Crippen molar-refractivity contribution in [2.24, 2.45) is 0 Å². The van der Waals surface area contributed by atoms with Gasteiger partial charge >= 0.3 is 0 Å². The molecule has 0 spiro atoms. The summed E-state index contributed by atoms with van der Waals surface area (Å²) in [5, 5.41) is 4.48. The van der Waals surface area contributed by atoms with Crippen LogP contribution in [0.25, 0.3) is 16.8 Å². The van der Waals surface area contributed by atoms with Crippen LogP contribution in [0.2, 0.25) is 0 Å². The zero-order chi connectivity index (χ0) is 17.4. The standard InChI is InChI=1S/C20H16FN3O/c1-14-5-7-16(8-6-14)18-12-19-20(25)23(9-10-24(19)22-18)13-15-3-2-4-17(21)11-15/h2-12H,13H2,1H3. The maximum atomic E-state index is 13.3. The fraction of sp³-hybridized carbons (Fsp3) is 0.100. The van der Waals surface area contributed by atoms with Crippen molar-refractivity contribution in [3.05, 3.63) is 94.3 Å². The average molecular weight is 333 g/mol. The summed E-state index contributed by atoms with van der Waals surface area (Å²) >= 11 is 0. The van der Waals surface area contributed by atoms with Gasteiger partial charge in [0.15, 0.2) is 0 Å². The van der Waals surface area contributed by atoms with E-state index >= 15 is 0 Å². The third-order valence-electron chi connectivity index (χ3n) is 4.19. The van der Waals surface area contributed by atoms with Crippen LogP contribution in [-0.2, 0) is 6.54 Å². The summed E-state index contributed by atoms with van der Waals surface area (Å²) in [5.74, 6) is -0.308. The van der Waals surface area contributed by atoms with Crippen molar-refractivity contribution in [3.63, 3.8) is 0 Å². The third-order valence-corrected chi connectivity index (χ3v) is 4.19. The van der Waals surface area contributed by atoms with Gasteiger partial charge in [-0.1, -0.05) is 42.0 Å². The molecular formula is C20H16FN3O. The molecule has 5 heteroatoms. The van der Waals surface area contributed by atoms with Gasteiger partial charge in [0, 0.05) is 18.0 Å². The van der Waals surface area contributed by atoms with Crippen LogP contribution in [0.3, 0.4) is 0 Å². The Morgan fingerprint density at radius 2 is 1.84 bits per heavy atom. The smallest absolute Gasteiger partial charge is 0.276 e. The summed E-state index contributed by atoms with van der Waals surface area (Å²) in [7, 11) is 0. The number of halogens is 1. The Morgan fingerprint density at radius 1 is 1.04 bits per heavy atom. The molecular weight excluding hydrogens is 317 g/mol. The molecule has 2 aromatic carbocycles. The highest BCUT2D eigenvalue weighted by Crippen LogP contribution is 2.19. The first kappa shape index (κ1) is 15.3. The van der Waals surface area contributed by atoms with Crippen LogP contribution >= 0.6 is 0 Å². The third kappa shape index (κ3) is 2.96. The first-order valence-corrected chi connectivity index (χ1v) is 8.00. The number of aromatic nitrogens is 3. The summed E-state index contributed by atoms with van der Waals surface area (Å²) < 4.78 is 16.5. The summed E-state index contributed by atoms with van der Waals surface area (Å²) in [5.41, 5.74) is 3.97. The van der Waals surface area contributed by atoms with E-state index in [1.54, 1.807) is 39.7 Å². The highest BCUT2D eigenvalue weighted by molar-refractivity contribution is 5.65. The lowest BCUT2D eigenvalue weighted by Crippen LogP contribution is -2.21. The van der Waals surface area contributed by atoms with Crippen molar-refractivity contribution in [3.8, 4) is 11.3 Å². The predicted molar refractivity (Wildman–Crippen MR) is 95.1 cm³/mol. The predicted octanol–water partition coefficient (Wildman–Crippen LogP) is 3.66. The number of hydrogen-bond donors (Lipinski definition) is 0. The molecule has 0 amide bonds. The van der Waals surface area contributed by atoms with Crippen LogP contribution in [0, 0.1) is 12.7 Å². The molecule has 0 atom stereocenters. The summed E-state index contributed by atoms with van der Waals surface area (Å²) in [6, 6.07) is 16.1. The highest BCUT2D eigenvalue weighted by atomic mass is 19.1. The lowest BCUT2D eigenvalue weighted by molar-refractivity contribution is 0.622. The molecule has 0 fully saturated rings. The monoisotopic (exact) mass is 333 g/mol. The molecule has 4 rings (SSSR count). The molecule has 0 bridgehead atoms. The van der Waals surface area contributed by atoms with Crippen LogP contribution in [0.5, 0.6) is 0 Å². The van der Waals surface area contributed by atoms with Gasteiger partial charge in [0.25, 0.3) is 5.56 Å². The lowest BCUT2D eigenvalue weighted by Gasteiger charge is -2.06. The number of aryl methyl sites for hydroxylation is 1. The molecule has 25 heavy (non-hydrogen) atoms. The van der Waals surface area contributed by atoms with Gasteiger partial charge in [-0.25, -0.2) is 8.91 Å². The van der Waals surface area contributed by atoms with Gasteiger partial charge in [-0.3, -0.25) is 4.79 Å². The largest absolute Gasteiger partial charge is 0.308 e. The lowest BCUT2D eigenvalue weighted by atomic mass is 10.1. The zero-order valence-corrected chi connectivity index (χ0v) is 13.7. The molecule has 0 aliphatic heterocycles. The van der Waals surface area contributed by atoms with E-state index in [2.05, 4.69) is 5.10 Å². The maximum Gasteiger partial charge on any atom is 0.276 e. The van der Waals surface area contributed by atoms with E-state index in [0.29, 0.717) is 12.1 Å². The molecule has 0 radical (unpaired) electrons. The number of fused-ring (bicyclic) bond motifs is 1. The van der Waals surface area contributed by atoms with E-state index in [4.69, 9.17) is 0 Å². The molecule has 0 unspecified atom stereocenters. The topological polar surface area (TPSA) is 39.3 Å². The Hall–Kier alpha value is -3.21.